The van der Waals surface area contributed by atoms with Crippen molar-refractivity contribution in [2.24, 2.45) is 0 Å². The van der Waals surface area contributed by atoms with E-state index in [-0.39, 0.29) is 5.97 Å². The molecule has 0 bridgehead atoms. The van der Waals surface area contributed by atoms with Crippen molar-refractivity contribution in [1.82, 2.24) is 4.37 Å². The van der Waals surface area contributed by atoms with E-state index in [0.29, 0.717) is 22.9 Å². The molecule has 1 heterocycles. The minimum Gasteiger partial charge on any atom is -0.462 e. The van der Waals surface area contributed by atoms with Crippen molar-refractivity contribution >= 4 is 33.9 Å². The fourth-order valence-electron chi connectivity index (χ4n) is 1.87. The summed E-state index contributed by atoms with van der Waals surface area (Å²) in [5.41, 5.74) is 3.23. The third kappa shape index (κ3) is 3.52. The van der Waals surface area contributed by atoms with E-state index in [4.69, 9.17) is 4.74 Å². The second kappa shape index (κ2) is 6.58. The van der Waals surface area contributed by atoms with Crippen LogP contribution in [-0.4, -0.2) is 31.0 Å². The van der Waals surface area contributed by atoms with Crippen molar-refractivity contribution in [2.75, 3.05) is 30.9 Å². The van der Waals surface area contributed by atoms with Gasteiger partial charge in [0, 0.05) is 25.5 Å². The summed E-state index contributed by atoms with van der Waals surface area (Å²) in [6, 6.07) is 7.97. The van der Waals surface area contributed by atoms with Crippen LogP contribution in [0.3, 0.4) is 0 Å². The van der Waals surface area contributed by atoms with Crippen LogP contribution in [-0.2, 0) is 4.74 Å². The van der Waals surface area contributed by atoms with Gasteiger partial charge in [-0.25, -0.2) is 4.79 Å². The minimum atomic E-state index is -0.337. The molecule has 2 rings (SSSR count). The smallest absolute Gasteiger partial charge is 0.343 e. The van der Waals surface area contributed by atoms with E-state index in [1.54, 1.807) is 6.92 Å². The lowest BCUT2D eigenvalue weighted by Crippen LogP contribution is -2.08. The number of benzene rings is 1. The maximum Gasteiger partial charge on any atom is 0.343 e. The molecule has 1 aromatic heterocycles. The number of carbonyl (C=O) groups is 1. The van der Waals surface area contributed by atoms with E-state index in [1.807, 2.05) is 50.2 Å². The molecular weight excluding hydrogens is 286 g/mol. The zero-order chi connectivity index (χ0) is 15.4. The molecule has 0 saturated heterocycles. The number of ether oxygens (including phenoxy) is 1. The molecule has 6 heteroatoms. The van der Waals surface area contributed by atoms with E-state index >= 15 is 0 Å². The number of esters is 1. The normalized spacial score (nSPS) is 10.3. The molecule has 0 saturated carbocycles. The topological polar surface area (TPSA) is 54.5 Å². The van der Waals surface area contributed by atoms with Crippen LogP contribution in [0, 0.1) is 6.92 Å². The van der Waals surface area contributed by atoms with Gasteiger partial charge in [0.2, 0.25) is 0 Å². The highest BCUT2D eigenvalue weighted by atomic mass is 32.1. The van der Waals surface area contributed by atoms with Crippen LogP contribution in [0.2, 0.25) is 0 Å². The Bertz CT molecular complexity index is 620. The Morgan fingerprint density at radius 3 is 2.57 bits per heavy atom. The molecule has 0 aliphatic rings. The summed E-state index contributed by atoms with van der Waals surface area (Å²) in [5, 5.41) is 3.95. The monoisotopic (exact) mass is 305 g/mol. The number of carbonyl (C=O) groups excluding carboxylic acids is 1. The second-order valence-corrected chi connectivity index (χ2v) is 5.53. The summed E-state index contributed by atoms with van der Waals surface area (Å²) in [6.07, 6.45) is 0. The lowest BCUT2D eigenvalue weighted by Gasteiger charge is -2.13. The number of rotatable bonds is 5. The summed E-state index contributed by atoms with van der Waals surface area (Å²) in [7, 11) is 3.99. The van der Waals surface area contributed by atoms with E-state index in [1.165, 1.54) is 11.5 Å². The van der Waals surface area contributed by atoms with Crippen molar-refractivity contribution in [3.8, 4) is 0 Å². The lowest BCUT2D eigenvalue weighted by molar-refractivity contribution is 0.0527. The fourth-order valence-corrected chi connectivity index (χ4v) is 2.68. The van der Waals surface area contributed by atoms with Crippen molar-refractivity contribution < 1.29 is 9.53 Å². The Labute approximate surface area is 128 Å². The van der Waals surface area contributed by atoms with Crippen LogP contribution < -0.4 is 10.2 Å². The number of hydrogen-bond acceptors (Lipinski definition) is 6. The number of aryl methyl sites for hydroxylation is 1. The quantitative estimate of drug-likeness (QED) is 0.858. The molecule has 2 aromatic rings. The Morgan fingerprint density at radius 1 is 1.33 bits per heavy atom. The van der Waals surface area contributed by atoms with Crippen molar-refractivity contribution in [3.05, 3.63) is 35.5 Å². The first-order chi connectivity index (χ1) is 10.0. The summed E-state index contributed by atoms with van der Waals surface area (Å²) >= 11 is 1.26. The molecule has 21 heavy (non-hydrogen) atoms. The van der Waals surface area contributed by atoms with Gasteiger partial charge < -0.3 is 15.0 Å². The molecule has 0 radical (unpaired) electrons. The molecule has 0 atom stereocenters. The Morgan fingerprint density at radius 2 is 2.00 bits per heavy atom. The van der Waals surface area contributed by atoms with Crippen LogP contribution in [0.4, 0.5) is 16.4 Å². The van der Waals surface area contributed by atoms with Gasteiger partial charge in [0.05, 0.1) is 12.3 Å². The van der Waals surface area contributed by atoms with E-state index in [9.17, 15) is 4.79 Å². The number of nitrogens with one attached hydrogen (secondary N) is 1. The number of hydrogen-bond donors (Lipinski definition) is 1. The zero-order valence-electron chi connectivity index (χ0n) is 12.6. The molecule has 0 amide bonds. The van der Waals surface area contributed by atoms with Gasteiger partial charge in [-0.15, -0.1) is 0 Å². The highest BCUT2D eigenvalue weighted by Crippen LogP contribution is 2.29. The van der Waals surface area contributed by atoms with Crippen LogP contribution >= 0.6 is 11.5 Å². The Balaban J connectivity index is 2.21. The average Bonchev–Trinajstić information content (AvgIpc) is 2.80. The average molecular weight is 305 g/mol. The third-order valence-electron chi connectivity index (χ3n) is 2.98. The van der Waals surface area contributed by atoms with Crippen molar-refractivity contribution in [1.29, 1.82) is 0 Å². The molecule has 1 N–H and O–H groups in total. The molecule has 0 aliphatic carbocycles. The first kappa shape index (κ1) is 15.3. The van der Waals surface area contributed by atoms with Gasteiger partial charge in [-0.1, -0.05) is 0 Å². The number of aromatic nitrogens is 1. The predicted molar refractivity (Wildman–Crippen MR) is 86.9 cm³/mol. The van der Waals surface area contributed by atoms with Gasteiger partial charge in [0.1, 0.15) is 10.6 Å². The van der Waals surface area contributed by atoms with E-state index < -0.39 is 0 Å². The van der Waals surface area contributed by atoms with Crippen LogP contribution in [0.1, 0.15) is 23.0 Å². The van der Waals surface area contributed by atoms with Crippen LogP contribution in [0.15, 0.2) is 24.3 Å². The van der Waals surface area contributed by atoms with Crippen molar-refractivity contribution in [2.45, 2.75) is 13.8 Å². The van der Waals surface area contributed by atoms with Gasteiger partial charge in [0.15, 0.2) is 0 Å². The first-order valence-electron chi connectivity index (χ1n) is 6.70. The lowest BCUT2D eigenvalue weighted by atomic mass is 10.2. The maximum absolute atomic E-state index is 12.0. The van der Waals surface area contributed by atoms with Gasteiger partial charge in [-0.05, 0) is 49.6 Å². The molecule has 0 aliphatic heterocycles. The summed E-state index contributed by atoms with van der Waals surface area (Å²) in [6.45, 7) is 3.95. The van der Waals surface area contributed by atoms with E-state index in [0.717, 1.165) is 11.4 Å². The summed E-state index contributed by atoms with van der Waals surface area (Å²) in [4.78, 5) is 14.0. The highest BCUT2D eigenvalue weighted by molar-refractivity contribution is 7.10. The Kier molecular flexibility index (Phi) is 4.80. The molecule has 0 fully saturated rings. The SMILES string of the molecule is CCOC(=O)c1c(C)nsc1Nc1ccc(N(C)C)cc1. The van der Waals surface area contributed by atoms with Crippen molar-refractivity contribution in [3.63, 3.8) is 0 Å². The molecule has 0 unspecified atom stereocenters. The standard InChI is InChI=1S/C15H19N3O2S/c1-5-20-15(19)13-10(2)17-21-14(13)16-11-6-8-12(9-7-11)18(3)4/h6-9,16H,5H2,1-4H3. The van der Waals surface area contributed by atoms with Crippen LogP contribution in [0.5, 0.6) is 0 Å². The number of nitrogens with zero attached hydrogens (tertiary/aromatic N) is 2. The second-order valence-electron chi connectivity index (χ2n) is 4.76. The molecular formula is C15H19N3O2S. The zero-order valence-corrected chi connectivity index (χ0v) is 13.5. The predicted octanol–water partition coefficient (Wildman–Crippen LogP) is 3.44. The molecule has 112 valence electrons. The molecule has 5 nitrogen and oxygen atoms in total. The molecule has 0 spiro atoms. The largest absolute Gasteiger partial charge is 0.462 e. The third-order valence-corrected chi connectivity index (χ3v) is 3.84. The Hall–Kier alpha value is -2.08. The first-order valence-corrected chi connectivity index (χ1v) is 7.48. The summed E-state index contributed by atoms with van der Waals surface area (Å²) in [5.74, 6) is -0.337. The van der Waals surface area contributed by atoms with E-state index in [2.05, 4.69) is 9.69 Å². The highest BCUT2D eigenvalue weighted by Gasteiger charge is 2.19. The summed E-state index contributed by atoms with van der Waals surface area (Å²) < 4.78 is 9.31. The molecule has 1 aromatic carbocycles. The van der Waals surface area contributed by atoms with Gasteiger partial charge in [-0.2, -0.15) is 4.37 Å². The van der Waals surface area contributed by atoms with Gasteiger partial charge >= 0.3 is 5.97 Å². The van der Waals surface area contributed by atoms with Crippen LogP contribution in [0.25, 0.3) is 0 Å². The van der Waals surface area contributed by atoms with Gasteiger partial charge in [0.25, 0.3) is 0 Å². The van der Waals surface area contributed by atoms with Gasteiger partial charge in [-0.3, -0.25) is 0 Å². The number of anilines is 3. The maximum atomic E-state index is 12.0. The fraction of sp³-hybridized carbons (Fsp3) is 0.333. The minimum absolute atomic E-state index is 0.337.